The molecule has 110 valence electrons. The van der Waals surface area contributed by atoms with E-state index in [1.165, 1.54) is 12.1 Å². The molecule has 0 aromatic heterocycles. The first kappa shape index (κ1) is 14.9. The van der Waals surface area contributed by atoms with E-state index < -0.39 is 12.4 Å². The summed E-state index contributed by atoms with van der Waals surface area (Å²) in [6, 6.07) is 6.22. The molecule has 0 bridgehead atoms. The molecule has 1 heterocycles. The van der Waals surface area contributed by atoms with Gasteiger partial charge in [0.2, 0.25) is 0 Å². The Morgan fingerprint density at radius 2 is 2.10 bits per heavy atom. The molecule has 1 aromatic carbocycles. The summed E-state index contributed by atoms with van der Waals surface area (Å²) >= 11 is 0. The summed E-state index contributed by atoms with van der Waals surface area (Å²) in [4.78, 5) is 12.7. The van der Waals surface area contributed by atoms with Gasteiger partial charge >= 0.3 is 5.97 Å². The molecular weight excluding hydrogens is 268 g/mol. The third kappa shape index (κ3) is 4.25. The number of alkyl halides is 2. The number of ether oxygens (including phenoxy) is 1. The number of hydrogen-bond donors (Lipinski definition) is 1. The second kappa shape index (κ2) is 6.76. The minimum Gasteiger partial charge on any atom is -0.481 e. The predicted octanol–water partition coefficient (Wildman–Crippen LogP) is 2.30. The van der Waals surface area contributed by atoms with Gasteiger partial charge in [-0.05, 0) is 5.56 Å². The molecule has 1 aromatic rings. The maximum atomic E-state index is 12.4. The topological polar surface area (TPSA) is 49.8 Å². The van der Waals surface area contributed by atoms with E-state index >= 15 is 0 Å². The van der Waals surface area contributed by atoms with Crippen LogP contribution in [0.4, 0.5) is 8.78 Å². The van der Waals surface area contributed by atoms with Crippen molar-refractivity contribution in [3.8, 4) is 0 Å². The maximum Gasteiger partial charge on any atom is 0.306 e. The SMILES string of the molecule is O=C(O)CC1CN(Cc2ccc(C(F)F)cc2)CCO1. The summed E-state index contributed by atoms with van der Waals surface area (Å²) in [5.41, 5.74) is 0.949. The number of rotatable bonds is 5. The van der Waals surface area contributed by atoms with Crippen molar-refractivity contribution in [2.24, 2.45) is 0 Å². The molecule has 6 heteroatoms. The Hall–Kier alpha value is -1.53. The van der Waals surface area contributed by atoms with E-state index in [0.717, 1.165) is 5.56 Å². The van der Waals surface area contributed by atoms with Gasteiger partial charge in [0.1, 0.15) is 0 Å². The van der Waals surface area contributed by atoms with Gasteiger partial charge in [0.05, 0.1) is 19.1 Å². The summed E-state index contributed by atoms with van der Waals surface area (Å²) in [5.74, 6) is -0.877. The van der Waals surface area contributed by atoms with Crippen molar-refractivity contribution >= 4 is 5.97 Å². The van der Waals surface area contributed by atoms with Crippen LogP contribution in [0.15, 0.2) is 24.3 Å². The first-order valence-corrected chi connectivity index (χ1v) is 6.47. The number of morpholine rings is 1. The summed E-state index contributed by atoms with van der Waals surface area (Å²) in [5, 5.41) is 8.75. The third-order valence-corrected chi connectivity index (χ3v) is 3.26. The Labute approximate surface area is 116 Å². The zero-order valence-electron chi connectivity index (χ0n) is 11.0. The Bertz CT molecular complexity index is 450. The molecule has 2 rings (SSSR count). The Kier molecular flexibility index (Phi) is 5.03. The molecule has 0 saturated carbocycles. The summed E-state index contributed by atoms with van der Waals surface area (Å²) in [6.45, 7) is 2.37. The van der Waals surface area contributed by atoms with Crippen molar-refractivity contribution < 1.29 is 23.4 Å². The summed E-state index contributed by atoms with van der Waals surface area (Å²) in [6.07, 6.45) is -2.77. The number of carbonyl (C=O) groups is 1. The molecular formula is C14H17F2NO3. The molecule has 4 nitrogen and oxygen atoms in total. The summed E-state index contributed by atoms with van der Waals surface area (Å²) in [7, 11) is 0. The lowest BCUT2D eigenvalue weighted by Crippen LogP contribution is -2.42. The van der Waals surface area contributed by atoms with Gasteiger partial charge in [0.25, 0.3) is 6.43 Å². The molecule has 0 radical (unpaired) electrons. The van der Waals surface area contributed by atoms with Gasteiger partial charge in [-0.15, -0.1) is 0 Å². The molecule has 1 atom stereocenters. The molecule has 1 fully saturated rings. The van der Waals surface area contributed by atoms with Crippen molar-refractivity contribution in [3.63, 3.8) is 0 Å². The normalized spacial score (nSPS) is 20.2. The fourth-order valence-electron chi connectivity index (χ4n) is 2.27. The minimum absolute atomic E-state index is 0.0131. The van der Waals surface area contributed by atoms with E-state index in [-0.39, 0.29) is 18.1 Å². The molecule has 1 unspecified atom stereocenters. The molecule has 0 amide bonds. The lowest BCUT2D eigenvalue weighted by molar-refractivity contribution is -0.142. The van der Waals surface area contributed by atoms with Crippen molar-refractivity contribution in [3.05, 3.63) is 35.4 Å². The van der Waals surface area contributed by atoms with Crippen LogP contribution in [0.5, 0.6) is 0 Å². The first-order chi connectivity index (χ1) is 9.54. The Morgan fingerprint density at radius 3 is 2.70 bits per heavy atom. The van der Waals surface area contributed by atoms with Crippen molar-refractivity contribution in [1.82, 2.24) is 4.90 Å². The van der Waals surface area contributed by atoms with Crippen molar-refractivity contribution in [2.45, 2.75) is 25.5 Å². The van der Waals surface area contributed by atoms with Gasteiger partial charge in [0.15, 0.2) is 0 Å². The highest BCUT2D eigenvalue weighted by molar-refractivity contribution is 5.67. The number of aliphatic carboxylic acids is 1. The van der Waals surface area contributed by atoms with E-state index in [9.17, 15) is 13.6 Å². The Balaban J connectivity index is 1.90. The number of benzene rings is 1. The molecule has 1 aliphatic heterocycles. The zero-order chi connectivity index (χ0) is 14.5. The average Bonchev–Trinajstić information content (AvgIpc) is 2.39. The van der Waals surface area contributed by atoms with Crippen LogP contribution in [0.2, 0.25) is 0 Å². The molecule has 1 saturated heterocycles. The maximum absolute atomic E-state index is 12.4. The monoisotopic (exact) mass is 285 g/mol. The van der Waals surface area contributed by atoms with Gasteiger partial charge < -0.3 is 9.84 Å². The number of carboxylic acids is 1. The lowest BCUT2D eigenvalue weighted by Gasteiger charge is -2.32. The van der Waals surface area contributed by atoms with E-state index in [1.54, 1.807) is 12.1 Å². The van der Waals surface area contributed by atoms with Crippen LogP contribution in [0.3, 0.4) is 0 Å². The molecule has 20 heavy (non-hydrogen) atoms. The highest BCUT2D eigenvalue weighted by Gasteiger charge is 2.22. The fraction of sp³-hybridized carbons (Fsp3) is 0.500. The second-order valence-electron chi connectivity index (χ2n) is 4.87. The highest BCUT2D eigenvalue weighted by Crippen LogP contribution is 2.20. The second-order valence-corrected chi connectivity index (χ2v) is 4.87. The molecule has 0 spiro atoms. The van der Waals surface area contributed by atoms with E-state index in [0.29, 0.717) is 26.2 Å². The highest BCUT2D eigenvalue weighted by atomic mass is 19.3. The van der Waals surface area contributed by atoms with Gasteiger partial charge in [-0.25, -0.2) is 8.78 Å². The van der Waals surface area contributed by atoms with Crippen molar-refractivity contribution in [2.75, 3.05) is 19.7 Å². The smallest absolute Gasteiger partial charge is 0.306 e. The largest absolute Gasteiger partial charge is 0.481 e. The van der Waals surface area contributed by atoms with Gasteiger partial charge in [-0.3, -0.25) is 9.69 Å². The molecule has 1 aliphatic rings. The van der Waals surface area contributed by atoms with Crippen LogP contribution < -0.4 is 0 Å². The lowest BCUT2D eigenvalue weighted by atomic mass is 10.1. The minimum atomic E-state index is -2.45. The van der Waals surface area contributed by atoms with Crippen LogP contribution in [-0.2, 0) is 16.1 Å². The van der Waals surface area contributed by atoms with E-state index in [4.69, 9.17) is 9.84 Å². The van der Waals surface area contributed by atoms with E-state index in [2.05, 4.69) is 4.90 Å². The van der Waals surface area contributed by atoms with Crippen LogP contribution in [0.25, 0.3) is 0 Å². The standard InChI is InChI=1S/C14H17F2NO3/c15-14(16)11-3-1-10(2-4-11)8-17-5-6-20-12(9-17)7-13(18)19/h1-4,12,14H,5-9H2,(H,18,19). The average molecular weight is 285 g/mol. The zero-order valence-corrected chi connectivity index (χ0v) is 11.0. The molecule has 0 aliphatic carbocycles. The van der Waals surface area contributed by atoms with E-state index in [1.807, 2.05) is 0 Å². The molecule has 1 N–H and O–H groups in total. The van der Waals surface area contributed by atoms with Crippen LogP contribution in [0.1, 0.15) is 24.0 Å². The van der Waals surface area contributed by atoms with Gasteiger partial charge in [-0.1, -0.05) is 24.3 Å². The number of hydrogen-bond acceptors (Lipinski definition) is 3. The quantitative estimate of drug-likeness (QED) is 0.902. The number of nitrogens with zero attached hydrogens (tertiary/aromatic N) is 1. The number of halogens is 2. The van der Waals surface area contributed by atoms with Crippen LogP contribution >= 0.6 is 0 Å². The van der Waals surface area contributed by atoms with Crippen LogP contribution in [0, 0.1) is 0 Å². The summed E-state index contributed by atoms with van der Waals surface area (Å²) < 4.78 is 30.3. The van der Waals surface area contributed by atoms with Crippen molar-refractivity contribution in [1.29, 1.82) is 0 Å². The number of carboxylic acid groups (broad SMARTS) is 1. The third-order valence-electron chi connectivity index (χ3n) is 3.26. The van der Waals surface area contributed by atoms with Crippen LogP contribution in [-0.4, -0.2) is 41.8 Å². The van der Waals surface area contributed by atoms with Gasteiger partial charge in [0, 0.05) is 25.2 Å². The van der Waals surface area contributed by atoms with Gasteiger partial charge in [-0.2, -0.15) is 0 Å². The fourth-order valence-corrected chi connectivity index (χ4v) is 2.27. The first-order valence-electron chi connectivity index (χ1n) is 6.47. The Morgan fingerprint density at radius 1 is 1.40 bits per heavy atom. The predicted molar refractivity (Wildman–Crippen MR) is 68.7 cm³/mol.